The molecule has 0 atom stereocenters. The standard InChI is InChI=1S/C20H22N4O3/c1-13(2)10-19(25)21-11-17-20(15-5-7-16(8-6-15)24(26)27)22-18-9-4-14(3)12-23(17)18/h4-9,12-13H,10-11H2,1-3H3,(H,21,25). The smallest absolute Gasteiger partial charge is 0.269 e. The van der Waals surface area contributed by atoms with E-state index in [1.165, 1.54) is 12.1 Å². The van der Waals surface area contributed by atoms with Crippen molar-refractivity contribution in [3.8, 4) is 11.3 Å². The van der Waals surface area contributed by atoms with Gasteiger partial charge in [-0.2, -0.15) is 0 Å². The van der Waals surface area contributed by atoms with E-state index in [0.717, 1.165) is 22.5 Å². The van der Waals surface area contributed by atoms with Crippen LogP contribution in [0.2, 0.25) is 0 Å². The van der Waals surface area contributed by atoms with Crippen LogP contribution in [0, 0.1) is 23.0 Å². The zero-order valence-corrected chi connectivity index (χ0v) is 15.6. The van der Waals surface area contributed by atoms with Crippen molar-refractivity contribution < 1.29 is 9.72 Å². The molecule has 0 saturated carbocycles. The summed E-state index contributed by atoms with van der Waals surface area (Å²) in [6.07, 6.45) is 2.43. The highest BCUT2D eigenvalue weighted by Crippen LogP contribution is 2.27. The average molecular weight is 366 g/mol. The number of non-ortho nitro benzene ring substituents is 1. The fraction of sp³-hybridized carbons (Fsp3) is 0.300. The molecule has 0 aliphatic rings. The second kappa shape index (κ2) is 7.57. The molecule has 0 unspecified atom stereocenters. The van der Waals surface area contributed by atoms with Crippen LogP contribution in [0.5, 0.6) is 0 Å². The third-order valence-electron chi connectivity index (χ3n) is 4.26. The molecule has 0 radical (unpaired) electrons. The third kappa shape index (κ3) is 4.13. The van der Waals surface area contributed by atoms with Gasteiger partial charge in [0.05, 0.1) is 22.9 Å². The number of pyridine rings is 1. The van der Waals surface area contributed by atoms with Crippen LogP contribution in [0.1, 0.15) is 31.5 Å². The van der Waals surface area contributed by atoms with Gasteiger partial charge in [-0.15, -0.1) is 0 Å². The van der Waals surface area contributed by atoms with Gasteiger partial charge in [-0.05, 0) is 36.6 Å². The van der Waals surface area contributed by atoms with E-state index < -0.39 is 4.92 Å². The van der Waals surface area contributed by atoms with Gasteiger partial charge in [-0.1, -0.05) is 19.9 Å². The molecule has 1 amide bonds. The van der Waals surface area contributed by atoms with Gasteiger partial charge in [-0.3, -0.25) is 14.9 Å². The van der Waals surface area contributed by atoms with Gasteiger partial charge >= 0.3 is 0 Å². The van der Waals surface area contributed by atoms with Gasteiger partial charge in [0.15, 0.2) is 0 Å². The highest BCUT2D eigenvalue weighted by atomic mass is 16.6. The van der Waals surface area contributed by atoms with E-state index in [0.29, 0.717) is 18.7 Å². The van der Waals surface area contributed by atoms with Crippen LogP contribution in [-0.2, 0) is 11.3 Å². The van der Waals surface area contributed by atoms with Crippen molar-refractivity contribution in [1.82, 2.24) is 14.7 Å². The van der Waals surface area contributed by atoms with Crippen LogP contribution in [0.15, 0.2) is 42.6 Å². The number of nitro benzene ring substituents is 1. The van der Waals surface area contributed by atoms with Gasteiger partial charge < -0.3 is 9.72 Å². The summed E-state index contributed by atoms with van der Waals surface area (Å²) >= 11 is 0. The summed E-state index contributed by atoms with van der Waals surface area (Å²) in [4.78, 5) is 27.3. The topological polar surface area (TPSA) is 89.5 Å². The predicted molar refractivity (Wildman–Crippen MR) is 103 cm³/mol. The molecule has 0 saturated heterocycles. The van der Waals surface area contributed by atoms with E-state index in [1.54, 1.807) is 12.1 Å². The number of nitro groups is 1. The summed E-state index contributed by atoms with van der Waals surface area (Å²) in [6.45, 7) is 6.33. The molecular weight excluding hydrogens is 344 g/mol. The van der Waals surface area contributed by atoms with Crippen molar-refractivity contribution >= 4 is 17.2 Å². The fourth-order valence-electron chi connectivity index (χ4n) is 2.97. The van der Waals surface area contributed by atoms with Crippen molar-refractivity contribution in [2.24, 2.45) is 5.92 Å². The molecule has 7 nitrogen and oxygen atoms in total. The molecule has 1 N–H and O–H groups in total. The van der Waals surface area contributed by atoms with Gasteiger partial charge in [0, 0.05) is 30.3 Å². The SMILES string of the molecule is Cc1ccc2nc(-c3ccc([N+](=O)[O-])cc3)c(CNC(=O)CC(C)C)n2c1. The van der Waals surface area contributed by atoms with Crippen LogP contribution in [-0.4, -0.2) is 20.2 Å². The molecule has 3 aromatic rings. The monoisotopic (exact) mass is 366 g/mol. The minimum atomic E-state index is -0.427. The molecule has 2 heterocycles. The van der Waals surface area contributed by atoms with E-state index in [9.17, 15) is 14.9 Å². The van der Waals surface area contributed by atoms with Gasteiger partial charge in [0.25, 0.3) is 5.69 Å². The summed E-state index contributed by atoms with van der Waals surface area (Å²) in [5.41, 5.74) is 4.20. The predicted octanol–water partition coefficient (Wildman–Crippen LogP) is 3.88. The van der Waals surface area contributed by atoms with E-state index in [1.807, 2.05) is 43.5 Å². The molecule has 0 fully saturated rings. The van der Waals surface area contributed by atoms with Gasteiger partial charge in [-0.25, -0.2) is 4.98 Å². The second-order valence-corrected chi connectivity index (χ2v) is 7.02. The zero-order valence-electron chi connectivity index (χ0n) is 15.6. The molecule has 0 spiro atoms. The second-order valence-electron chi connectivity index (χ2n) is 7.02. The lowest BCUT2D eigenvalue weighted by molar-refractivity contribution is -0.384. The lowest BCUT2D eigenvalue weighted by Crippen LogP contribution is -2.24. The van der Waals surface area contributed by atoms with E-state index in [2.05, 4.69) is 10.3 Å². The molecule has 140 valence electrons. The van der Waals surface area contributed by atoms with E-state index >= 15 is 0 Å². The number of imidazole rings is 1. The lowest BCUT2D eigenvalue weighted by Gasteiger charge is -2.09. The Bertz CT molecular complexity index is 990. The fourth-order valence-corrected chi connectivity index (χ4v) is 2.97. The summed E-state index contributed by atoms with van der Waals surface area (Å²) in [6, 6.07) is 10.2. The number of fused-ring (bicyclic) bond motifs is 1. The number of aromatic nitrogens is 2. The Morgan fingerprint density at radius 3 is 2.56 bits per heavy atom. The first kappa shape index (κ1) is 18.6. The zero-order chi connectivity index (χ0) is 19.6. The summed E-state index contributed by atoms with van der Waals surface area (Å²) in [5.74, 6) is 0.269. The molecular formula is C20H22N4O3. The number of amides is 1. The molecule has 0 bridgehead atoms. The average Bonchev–Trinajstić information content (AvgIpc) is 2.97. The Hall–Kier alpha value is -3.22. The number of aryl methyl sites for hydroxylation is 1. The molecule has 3 rings (SSSR count). The Kier molecular flexibility index (Phi) is 5.21. The molecule has 2 aromatic heterocycles. The third-order valence-corrected chi connectivity index (χ3v) is 4.26. The molecule has 27 heavy (non-hydrogen) atoms. The van der Waals surface area contributed by atoms with Crippen molar-refractivity contribution in [1.29, 1.82) is 0 Å². The van der Waals surface area contributed by atoms with Crippen LogP contribution < -0.4 is 5.32 Å². The Balaban J connectivity index is 2.00. The normalized spacial score (nSPS) is 11.1. The molecule has 1 aromatic carbocycles. The van der Waals surface area contributed by atoms with Crippen molar-refractivity contribution in [3.63, 3.8) is 0 Å². The maximum Gasteiger partial charge on any atom is 0.269 e. The van der Waals surface area contributed by atoms with Crippen LogP contribution in [0.3, 0.4) is 0 Å². The van der Waals surface area contributed by atoms with Crippen LogP contribution in [0.25, 0.3) is 16.9 Å². The first-order valence-electron chi connectivity index (χ1n) is 8.84. The van der Waals surface area contributed by atoms with Gasteiger partial charge in [0.1, 0.15) is 5.65 Å². The largest absolute Gasteiger partial charge is 0.350 e. The Morgan fingerprint density at radius 2 is 1.93 bits per heavy atom. The number of hydrogen-bond acceptors (Lipinski definition) is 4. The number of hydrogen-bond donors (Lipinski definition) is 1. The summed E-state index contributed by atoms with van der Waals surface area (Å²) in [7, 11) is 0. The minimum Gasteiger partial charge on any atom is -0.350 e. The van der Waals surface area contributed by atoms with Gasteiger partial charge in [0.2, 0.25) is 5.91 Å². The van der Waals surface area contributed by atoms with E-state index in [4.69, 9.17) is 0 Å². The van der Waals surface area contributed by atoms with Crippen molar-refractivity contribution in [2.45, 2.75) is 33.7 Å². The first-order valence-corrected chi connectivity index (χ1v) is 8.84. The van der Waals surface area contributed by atoms with E-state index in [-0.39, 0.29) is 17.5 Å². The molecule has 7 heteroatoms. The highest BCUT2D eigenvalue weighted by molar-refractivity contribution is 5.76. The maximum atomic E-state index is 12.1. The summed E-state index contributed by atoms with van der Waals surface area (Å²) < 4.78 is 1.96. The number of carbonyl (C=O) groups excluding carboxylic acids is 1. The first-order chi connectivity index (χ1) is 12.8. The molecule has 0 aliphatic carbocycles. The highest BCUT2D eigenvalue weighted by Gasteiger charge is 2.16. The quantitative estimate of drug-likeness (QED) is 0.529. The minimum absolute atomic E-state index is 0.0118. The van der Waals surface area contributed by atoms with Crippen LogP contribution >= 0.6 is 0 Å². The Morgan fingerprint density at radius 1 is 1.22 bits per heavy atom. The summed E-state index contributed by atoms with van der Waals surface area (Å²) in [5, 5.41) is 13.9. The molecule has 0 aliphatic heterocycles. The Labute approximate surface area is 157 Å². The number of carbonyl (C=O) groups is 1. The van der Waals surface area contributed by atoms with Crippen LogP contribution in [0.4, 0.5) is 5.69 Å². The number of nitrogens with one attached hydrogen (secondary N) is 1. The number of rotatable bonds is 6. The van der Waals surface area contributed by atoms with Crippen molar-refractivity contribution in [2.75, 3.05) is 0 Å². The number of benzene rings is 1. The van der Waals surface area contributed by atoms with Crippen molar-refractivity contribution in [3.05, 3.63) is 64.0 Å². The number of nitrogens with zero attached hydrogens (tertiary/aromatic N) is 3. The lowest BCUT2D eigenvalue weighted by atomic mass is 10.1. The maximum absolute atomic E-state index is 12.1.